The van der Waals surface area contributed by atoms with E-state index in [0.717, 1.165) is 32.9 Å². The summed E-state index contributed by atoms with van der Waals surface area (Å²) in [5.41, 5.74) is 20.9. The molecule has 1 saturated carbocycles. The van der Waals surface area contributed by atoms with Gasteiger partial charge in [-0.25, -0.2) is 9.97 Å². The van der Waals surface area contributed by atoms with Gasteiger partial charge in [-0.3, -0.25) is 0 Å². The Balaban J connectivity index is 0.965. The van der Waals surface area contributed by atoms with Crippen molar-refractivity contribution in [3.05, 3.63) is 180 Å². The molecule has 7 aromatic carbocycles. The zero-order chi connectivity index (χ0) is 38.6. The quantitative estimate of drug-likeness (QED) is 0.178. The maximum Gasteiger partial charge on any atom is 0.160 e. The molecular weight excluding hydrogens is 721 g/mol. The van der Waals surface area contributed by atoms with Gasteiger partial charge in [-0.1, -0.05) is 167 Å². The smallest absolute Gasteiger partial charge is 0.160 e. The summed E-state index contributed by atoms with van der Waals surface area (Å²) in [4.78, 5) is 10.4. The molecule has 1 fully saturated rings. The van der Waals surface area contributed by atoms with Crippen molar-refractivity contribution in [1.29, 1.82) is 0 Å². The molecule has 278 valence electrons. The second-order valence-electron chi connectivity index (χ2n) is 17.2. The number of fused-ring (bicyclic) bond motifs is 11. The van der Waals surface area contributed by atoms with Gasteiger partial charge in [-0.15, -0.1) is 11.3 Å². The minimum atomic E-state index is -0.0355. The van der Waals surface area contributed by atoms with E-state index in [1.807, 2.05) is 6.07 Å². The number of thiophene rings is 1. The Morgan fingerprint density at radius 3 is 2.00 bits per heavy atom. The van der Waals surface area contributed by atoms with Gasteiger partial charge in [0.15, 0.2) is 5.82 Å². The van der Waals surface area contributed by atoms with Gasteiger partial charge in [0.05, 0.1) is 15.9 Å². The molecule has 0 unspecified atom stereocenters. The number of rotatable bonds is 4. The van der Waals surface area contributed by atoms with Crippen molar-refractivity contribution in [1.82, 2.24) is 9.97 Å². The molecule has 2 heterocycles. The first-order valence-corrected chi connectivity index (χ1v) is 21.7. The Hall–Kier alpha value is -6.16. The van der Waals surface area contributed by atoms with Gasteiger partial charge in [-0.2, -0.15) is 0 Å². The van der Waals surface area contributed by atoms with Gasteiger partial charge in [0.2, 0.25) is 0 Å². The van der Waals surface area contributed by atoms with E-state index in [1.54, 1.807) is 22.5 Å². The molecule has 0 radical (unpaired) electrons. The van der Waals surface area contributed by atoms with E-state index in [2.05, 4.69) is 166 Å². The molecule has 3 heteroatoms. The lowest BCUT2D eigenvalue weighted by Gasteiger charge is -2.36. The molecule has 12 rings (SSSR count). The predicted octanol–water partition coefficient (Wildman–Crippen LogP) is 15.0. The second-order valence-corrected chi connectivity index (χ2v) is 18.2. The standard InChI is InChI=1S/C55H42N2S/c1-54(2)44-22-9-7-19-40(44)42-32-47-43(33-46(42)54)49-39(21-14-23-45(49)55(47)29-11-4-12-30-55)35-27-25-34(26-28-35)37-17-13-18-38(31-37)50-52-51(41-20-8-10-24-48(41)58-52)57-53(56-50)36-15-5-3-6-16-36/h3,5-10,13-28,31-33H,4,11-12,29-30H2,1-2H3. The fraction of sp³-hybridized carbons (Fsp3) is 0.164. The number of aromatic nitrogens is 2. The van der Waals surface area contributed by atoms with Crippen LogP contribution in [0.4, 0.5) is 0 Å². The maximum absolute atomic E-state index is 5.25. The summed E-state index contributed by atoms with van der Waals surface area (Å²) < 4.78 is 2.35. The fourth-order valence-electron chi connectivity index (χ4n) is 10.9. The van der Waals surface area contributed by atoms with E-state index in [4.69, 9.17) is 9.97 Å². The van der Waals surface area contributed by atoms with Crippen LogP contribution in [0.2, 0.25) is 0 Å². The summed E-state index contributed by atoms with van der Waals surface area (Å²) in [5, 5.41) is 1.18. The lowest BCUT2D eigenvalue weighted by molar-refractivity contribution is 0.353. The third-order valence-electron chi connectivity index (χ3n) is 13.7. The highest BCUT2D eigenvalue weighted by atomic mass is 32.1. The first-order valence-electron chi connectivity index (χ1n) is 20.9. The highest BCUT2D eigenvalue weighted by Gasteiger charge is 2.47. The number of benzene rings is 7. The summed E-state index contributed by atoms with van der Waals surface area (Å²) in [5.74, 6) is 0.756. The Kier molecular flexibility index (Phi) is 7.41. The average Bonchev–Trinajstić information content (AvgIpc) is 3.87. The van der Waals surface area contributed by atoms with E-state index in [1.165, 1.54) is 97.8 Å². The third-order valence-corrected chi connectivity index (χ3v) is 14.9. The van der Waals surface area contributed by atoms with Gasteiger partial charge >= 0.3 is 0 Å². The first kappa shape index (κ1) is 33.9. The van der Waals surface area contributed by atoms with E-state index in [-0.39, 0.29) is 10.8 Å². The molecule has 0 atom stereocenters. The highest BCUT2D eigenvalue weighted by molar-refractivity contribution is 7.26. The molecule has 3 aliphatic rings. The SMILES string of the molecule is CC1(C)c2ccccc2-c2cc3c(cc21)-c1c(-c2ccc(-c4cccc(-c5nc(-c6ccccc6)nc6c5sc5ccccc56)c4)cc2)cccc1C31CCCCC1. The van der Waals surface area contributed by atoms with Gasteiger partial charge in [-0.05, 0) is 104 Å². The molecule has 3 aliphatic carbocycles. The average molecular weight is 763 g/mol. The minimum Gasteiger partial charge on any atom is -0.226 e. The third kappa shape index (κ3) is 4.90. The first-order chi connectivity index (χ1) is 28.5. The monoisotopic (exact) mass is 762 g/mol. The summed E-state index contributed by atoms with van der Waals surface area (Å²) >= 11 is 1.78. The molecule has 58 heavy (non-hydrogen) atoms. The predicted molar refractivity (Wildman–Crippen MR) is 244 cm³/mol. The van der Waals surface area contributed by atoms with Crippen LogP contribution in [0.1, 0.15) is 68.2 Å². The van der Waals surface area contributed by atoms with Crippen LogP contribution in [0, 0.1) is 0 Å². The van der Waals surface area contributed by atoms with Crippen LogP contribution >= 0.6 is 11.3 Å². The fourth-order valence-corrected chi connectivity index (χ4v) is 12.0. The maximum atomic E-state index is 5.25. The molecule has 0 saturated heterocycles. The normalized spacial score (nSPS) is 15.7. The Bertz CT molecular complexity index is 3110. The van der Waals surface area contributed by atoms with E-state index < -0.39 is 0 Å². The summed E-state index contributed by atoms with van der Waals surface area (Å²) in [6.07, 6.45) is 6.35. The largest absolute Gasteiger partial charge is 0.226 e. The van der Waals surface area contributed by atoms with Crippen molar-refractivity contribution in [3.63, 3.8) is 0 Å². The zero-order valence-electron chi connectivity index (χ0n) is 32.8. The van der Waals surface area contributed by atoms with Crippen molar-refractivity contribution in [3.8, 4) is 67.2 Å². The van der Waals surface area contributed by atoms with Crippen LogP contribution in [-0.2, 0) is 10.8 Å². The molecule has 1 spiro atoms. The van der Waals surface area contributed by atoms with Crippen molar-refractivity contribution in [2.75, 3.05) is 0 Å². The highest BCUT2D eigenvalue weighted by Crippen LogP contribution is 2.61. The number of hydrogen-bond acceptors (Lipinski definition) is 3. The van der Waals surface area contributed by atoms with Crippen LogP contribution < -0.4 is 0 Å². The van der Waals surface area contributed by atoms with Gasteiger partial charge < -0.3 is 0 Å². The van der Waals surface area contributed by atoms with Crippen LogP contribution in [0.5, 0.6) is 0 Å². The molecular formula is C55H42N2S. The van der Waals surface area contributed by atoms with Gasteiger partial charge in [0.25, 0.3) is 0 Å². The van der Waals surface area contributed by atoms with Gasteiger partial charge in [0.1, 0.15) is 0 Å². The lowest BCUT2D eigenvalue weighted by Crippen LogP contribution is -2.28. The summed E-state index contributed by atoms with van der Waals surface area (Å²) in [6, 6.07) is 58.6. The van der Waals surface area contributed by atoms with Crippen molar-refractivity contribution in [2.24, 2.45) is 0 Å². The molecule has 0 aliphatic heterocycles. The van der Waals surface area contributed by atoms with Crippen molar-refractivity contribution >= 4 is 31.6 Å². The summed E-state index contributed by atoms with van der Waals surface area (Å²) in [6.45, 7) is 4.82. The van der Waals surface area contributed by atoms with Crippen LogP contribution in [0.3, 0.4) is 0 Å². The molecule has 0 amide bonds. The Labute approximate surface area is 343 Å². The zero-order valence-corrected chi connectivity index (χ0v) is 33.7. The summed E-state index contributed by atoms with van der Waals surface area (Å²) in [7, 11) is 0. The second kappa shape index (κ2) is 12.7. The molecule has 2 nitrogen and oxygen atoms in total. The van der Waals surface area contributed by atoms with Crippen molar-refractivity contribution in [2.45, 2.75) is 56.8 Å². The molecule has 0 N–H and O–H groups in total. The lowest BCUT2D eigenvalue weighted by atomic mass is 9.67. The molecule has 0 bridgehead atoms. The number of nitrogens with zero attached hydrogens (tertiary/aromatic N) is 2. The van der Waals surface area contributed by atoms with Crippen LogP contribution in [0.15, 0.2) is 158 Å². The van der Waals surface area contributed by atoms with Gasteiger partial charge in [0, 0.05) is 32.0 Å². The topological polar surface area (TPSA) is 25.8 Å². The molecule has 9 aromatic rings. The van der Waals surface area contributed by atoms with Crippen molar-refractivity contribution < 1.29 is 0 Å². The van der Waals surface area contributed by atoms with E-state index >= 15 is 0 Å². The van der Waals surface area contributed by atoms with Crippen LogP contribution in [0.25, 0.3) is 87.5 Å². The Morgan fingerprint density at radius 2 is 1.14 bits per heavy atom. The van der Waals surface area contributed by atoms with Crippen LogP contribution in [-0.4, -0.2) is 9.97 Å². The van der Waals surface area contributed by atoms with E-state index in [9.17, 15) is 0 Å². The molecule has 2 aromatic heterocycles. The van der Waals surface area contributed by atoms with E-state index in [0.29, 0.717) is 0 Å². The Morgan fingerprint density at radius 1 is 0.466 bits per heavy atom. The number of hydrogen-bond donors (Lipinski definition) is 0. The minimum absolute atomic E-state index is 0.0355.